The van der Waals surface area contributed by atoms with Crippen LogP contribution in [0.3, 0.4) is 0 Å². The maximum Gasteiger partial charge on any atom is 0.472 e. The Bertz CT molecular complexity index is 1120. The highest BCUT2D eigenvalue weighted by atomic mass is 31.2. The van der Waals surface area contributed by atoms with E-state index in [2.05, 4.69) is 50.3 Å². The van der Waals surface area contributed by atoms with Crippen LogP contribution < -0.4 is 0 Å². The minimum absolute atomic E-state index is 0.0246. The standard InChI is InChI=1S/C50H94NO8P/c1-6-8-10-12-14-16-18-20-21-22-23-24-25-26-27-28-29-31-32-34-36-38-40-42-49(52)56-46-48(47-58-60(54,55)57-45-44-51(3,4)5)59-50(53)43-41-39-37-35-33-30-19-17-15-13-11-9-7-2/h17,19,28-29,34,36,48H,6-16,18,20-27,30-33,35,37-47H2,1-5H3/p+1/b19-17+,29-28+,36-34+/t48-/m0/s1. The Morgan fingerprint density at radius 3 is 1.35 bits per heavy atom. The SMILES string of the molecule is CCCCCC/C=C/CCCCCCCC(=O)O[C@@H](COC(=O)CCC/C=C/CC/C=C/CCCCCCCCCCCCCCCC)COP(=O)(O)OCC[N+](C)(C)C. The van der Waals surface area contributed by atoms with Gasteiger partial charge in [0.15, 0.2) is 6.10 Å². The first-order valence-electron chi connectivity index (χ1n) is 24.7. The van der Waals surface area contributed by atoms with Crippen molar-refractivity contribution >= 4 is 19.8 Å². The fraction of sp³-hybridized carbons (Fsp3) is 0.840. The van der Waals surface area contributed by atoms with Gasteiger partial charge in [-0.2, -0.15) is 0 Å². The number of ether oxygens (including phenoxy) is 2. The van der Waals surface area contributed by atoms with Crippen molar-refractivity contribution in [2.75, 3.05) is 47.5 Å². The summed E-state index contributed by atoms with van der Waals surface area (Å²) in [5, 5.41) is 0. The summed E-state index contributed by atoms with van der Waals surface area (Å²) in [5.41, 5.74) is 0. The number of nitrogens with zero attached hydrogens (tertiary/aromatic N) is 1. The Labute approximate surface area is 370 Å². The normalized spacial score (nSPS) is 13.8. The minimum Gasteiger partial charge on any atom is -0.462 e. The van der Waals surface area contributed by atoms with E-state index in [-0.39, 0.29) is 26.1 Å². The van der Waals surface area contributed by atoms with E-state index in [0.29, 0.717) is 23.9 Å². The molecule has 2 atom stereocenters. The third-order valence-electron chi connectivity index (χ3n) is 10.6. The summed E-state index contributed by atoms with van der Waals surface area (Å²) in [6, 6.07) is 0. The molecule has 0 saturated heterocycles. The Kier molecular flexibility index (Phi) is 41.3. The number of carbonyl (C=O) groups excluding carboxylic acids is 2. The zero-order valence-electron chi connectivity index (χ0n) is 39.7. The number of hydrogen-bond acceptors (Lipinski definition) is 7. The molecule has 0 bridgehead atoms. The highest BCUT2D eigenvalue weighted by Crippen LogP contribution is 2.43. The molecule has 0 aliphatic rings. The van der Waals surface area contributed by atoms with Gasteiger partial charge in [0, 0.05) is 12.8 Å². The zero-order chi connectivity index (χ0) is 44.3. The van der Waals surface area contributed by atoms with E-state index >= 15 is 0 Å². The topological polar surface area (TPSA) is 108 Å². The number of unbranched alkanes of at least 4 members (excludes halogenated alkanes) is 25. The molecule has 0 amide bonds. The lowest BCUT2D eigenvalue weighted by molar-refractivity contribution is -0.870. The van der Waals surface area contributed by atoms with Crippen molar-refractivity contribution in [3.63, 3.8) is 0 Å². The van der Waals surface area contributed by atoms with E-state index in [1.54, 1.807) is 0 Å². The number of likely N-dealkylation sites (N-methyl/N-ethyl adjacent to an activating group) is 1. The van der Waals surface area contributed by atoms with Gasteiger partial charge in [-0.25, -0.2) is 4.57 Å². The summed E-state index contributed by atoms with van der Waals surface area (Å²) in [4.78, 5) is 35.4. The molecule has 0 aliphatic carbocycles. The number of carbonyl (C=O) groups is 2. The largest absolute Gasteiger partial charge is 0.472 e. The molecule has 60 heavy (non-hydrogen) atoms. The summed E-state index contributed by atoms with van der Waals surface area (Å²) < 4.78 is 34.3. The Balaban J connectivity index is 4.27. The fourth-order valence-corrected chi connectivity index (χ4v) is 7.48. The lowest BCUT2D eigenvalue weighted by atomic mass is 10.0. The third-order valence-corrected chi connectivity index (χ3v) is 11.6. The molecule has 352 valence electrons. The van der Waals surface area contributed by atoms with Crippen LogP contribution in [0.5, 0.6) is 0 Å². The first kappa shape index (κ1) is 58.2. The molecule has 0 aliphatic heterocycles. The summed E-state index contributed by atoms with van der Waals surface area (Å²) in [6.07, 6.45) is 49.3. The van der Waals surface area contributed by atoms with Crippen molar-refractivity contribution in [1.29, 1.82) is 0 Å². The van der Waals surface area contributed by atoms with E-state index in [4.69, 9.17) is 18.5 Å². The van der Waals surface area contributed by atoms with Gasteiger partial charge in [0.05, 0.1) is 27.7 Å². The molecule has 1 unspecified atom stereocenters. The third kappa shape index (κ3) is 45.7. The van der Waals surface area contributed by atoms with Crippen LogP contribution in [-0.2, 0) is 32.7 Å². The van der Waals surface area contributed by atoms with Gasteiger partial charge in [0.25, 0.3) is 0 Å². The molecule has 0 radical (unpaired) electrons. The average molecular weight is 869 g/mol. The number of allylic oxidation sites excluding steroid dienone is 6. The van der Waals surface area contributed by atoms with Crippen LogP contribution in [0.4, 0.5) is 0 Å². The predicted molar refractivity (Wildman–Crippen MR) is 252 cm³/mol. The summed E-state index contributed by atoms with van der Waals surface area (Å²) >= 11 is 0. The predicted octanol–water partition coefficient (Wildman–Crippen LogP) is 14.5. The smallest absolute Gasteiger partial charge is 0.462 e. The zero-order valence-corrected chi connectivity index (χ0v) is 40.6. The average Bonchev–Trinajstić information content (AvgIpc) is 3.20. The Morgan fingerprint density at radius 1 is 0.500 bits per heavy atom. The van der Waals surface area contributed by atoms with Gasteiger partial charge in [-0.1, -0.05) is 172 Å². The lowest BCUT2D eigenvalue weighted by Crippen LogP contribution is -2.37. The van der Waals surface area contributed by atoms with Crippen LogP contribution in [0.2, 0.25) is 0 Å². The molecule has 0 aromatic rings. The minimum atomic E-state index is -4.39. The van der Waals surface area contributed by atoms with Crippen molar-refractivity contribution in [3.05, 3.63) is 36.5 Å². The molecule has 10 heteroatoms. The van der Waals surface area contributed by atoms with E-state index in [9.17, 15) is 19.0 Å². The van der Waals surface area contributed by atoms with Crippen molar-refractivity contribution in [1.82, 2.24) is 0 Å². The summed E-state index contributed by atoms with van der Waals surface area (Å²) in [7, 11) is 1.45. The van der Waals surface area contributed by atoms with Crippen LogP contribution >= 0.6 is 7.82 Å². The van der Waals surface area contributed by atoms with E-state index in [0.717, 1.165) is 57.8 Å². The Hall–Kier alpha value is -1.77. The van der Waals surface area contributed by atoms with Crippen LogP contribution in [-0.4, -0.2) is 74.9 Å². The van der Waals surface area contributed by atoms with E-state index < -0.39 is 32.5 Å². The van der Waals surface area contributed by atoms with Crippen LogP contribution in [0.1, 0.15) is 219 Å². The molecule has 1 N–H and O–H groups in total. The van der Waals surface area contributed by atoms with Gasteiger partial charge < -0.3 is 18.9 Å². The number of hydrogen-bond donors (Lipinski definition) is 1. The number of rotatable bonds is 45. The van der Waals surface area contributed by atoms with Gasteiger partial charge in [-0.3, -0.25) is 18.6 Å². The second-order valence-electron chi connectivity index (χ2n) is 17.8. The second kappa shape index (κ2) is 42.5. The number of quaternary nitrogens is 1. The Morgan fingerprint density at radius 2 is 0.883 bits per heavy atom. The van der Waals surface area contributed by atoms with Crippen molar-refractivity contribution in [2.45, 2.75) is 225 Å². The van der Waals surface area contributed by atoms with E-state index in [1.165, 1.54) is 122 Å². The number of esters is 2. The lowest BCUT2D eigenvalue weighted by Gasteiger charge is -2.24. The first-order valence-corrected chi connectivity index (χ1v) is 26.2. The second-order valence-corrected chi connectivity index (χ2v) is 19.3. The highest BCUT2D eigenvalue weighted by molar-refractivity contribution is 7.47. The van der Waals surface area contributed by atoms with Gasteiger partial charge in [0.1, 0.15) is 19.8 Å². The fourth-order valence-electron chi connectivity index (χ4n) is 6.74. The van der Waals surface area contributed by atoms with Crippen molar-refractivity contribution in [2.24, 2.45) is 0 Å². The molecule has 0 aromatic heterocycles. The molecule has 0 saturated carbocycles. The number of phosphoric ester groups is 1. The maximum atomic E-state index is 12.7. The number of phosphoric acid groups is 1. The van der Waals surface area contributed by atoms with Crippen molar-refractivity contribution < 1.29 is 42.1 Å². The van der Waals surface area contributed by atoms with Crippen molar-refractivity contribution in [3.8, 4) is 0 Å². The van der Waals surface area contributed by atoms with E-state index in [1.807, 2.05) is 21.1 Å². The highest BCUT2D eigenvalue weighted by Gasteiger charge is 2.27. The molecule has 0 fully saturated rings. The van der Waals surface area contributed by atoms with Gasteiger partial charge in [-0.05, 0) is 70.6 Å². The summed E-state index contributed by atoms with van der Waals surface area (Å²) in [5.74, 6) is -0.854. The van der Waals surface area contributed by atoms with Crippen LogP contribution in [0.15, 0.2) is 36.5 Å². The van der Waals surface area contributed by atoms with Gasteiger partial charge in [-0.15, -0.1) is 0 Å². The molecule has 0 heterocycles. The quantitative estimate of drug-likeness (QED) is 0.0212. The molecule has 0 rings (SSSR count). The molecule has 0 spiro atoms. The van der Waals surface area contributed by atoms with Gasteiger partial charge in [0.2, 0.25) is 0 Å². The maximum absolute atomic E-state index is 12.7. The monoisotopic (exact) mass is 869 g/mol. The molecular weight excluding hydrogens is 774 g/mol. The van der Waals surface area contributed by atoms with Crippen LogP contribution in [0, 0.1) is 0 Å². The van der Waals surface area contributed by atoms with Crippen LogP contribution in [0.25, 0.3) is 0 Å². The van der Waals surface area contributed by atoms with Gasteiger partial charge >= 0.3 is 19.8 Å². The molecular formula is C50H95NO8P+. The molecule has 0 aromatic carbocycles. The summed E-state index contributed by atoms with van der Waals surface area (Å²) in [6.45, 7) is 4.37. The molecule has 9 nitrogen and oxygen atoms in total. The first-order chi connectivity index (χ1) is 29.0.